The maximum absolute atomic E-state index is 13.9. The molecule has 3 heterocycles. The van der Waals surface area contributed by atoms with E-state index in [0.29, 0.717) is 39.8 Å². The van der Waals surface area contributed by atoms with E-state index in [9.17, 15) is 14.4 Å². The molecule has 1 unspecified atom stereocenters. The topological polar surface area (TPSA) is 146 Å². The maximum atomic E-state index is 13.9. The van der Waals surface area contributed by atoms with E-state index in [1.165, 1.54) is 31.2 Å². The molecule has 0 aliphatic heterocycles. The summed E-state index contributed by atoms with van der Waals surface area (Å²) in [5, 5.41) is 11.1. The number of esters is 1. The SMILES string of the molecule is COC(=O)Nc1ccc(-c2cnc(C(Cc3ccccc3)n3ccc(-c4cc(Cl)ccc4-n4cc(C(=O)OC)nn4)cc3=O)[nH]2)cc1. The van der Waals surface area contributed by atoms with Crippen LogP contribution in [0, 0.1) is 0 Å². The van der Waals surface area contributed by atoms with Crippen molar-refractivity contribution in [2.24, 2.45) is 0 Å². The molecule has 6 rings (SSSR count). The summed E-state index contributed by atoms with van der Waals surface area (Å²) in [4.78, 5) is 45.5. The lowest BCUT2D eigenvalue weighted by molar-refractivity contribution is 0.0594. The number of pyridine rings is 1. The van der Waals surface area contributed by atoms with Crippen LogP contribution >= 0.6 is 11.6 Å². The number of methoxy groups -OCH3 is 2. The van der Waals surface area contributed by atoms with Crippen LogP contribution in [0.4, 0.5) is 10.5 Å². The predicted molar refractivity (Wildman–Crippen MR) is 176 cm³/mol. The van der Waals surface area contributed by atoms with Gasteiger partial charge in [0.2, 0.25) is 0 Å². The number of ether oxygens (including phenoxy) is 2. The van der Waals surface area contributed by atoms with Crippen molar-refractivity contribution < 1.29 is 19.1 Å². The molecule has 236 valence electrons. The Morgan fingerprint density at radius 2 is 1.74 bits per heavy atom. The lowest BCUT2D eigenvalue weighted by atomic mass is 10.0. The predicted octanol–water partition coefficient (Wildman–Crippen LogP) is 5.94. The maximum Gasteiger partial charge on any atom is 0.411 e. The summed E-state index contributed by atoms with van der Waals surface area (Å²) in [7, 11) is 2.57. The minimum Gasteiger partial charge on any atom is -0.464 e. The fourth-order valence-corrected chi connectivity index (χ4v) is 5.32. The summed E-state index contributed by atoms with van der Waals surface area (Å²) in [6.07, 6.45) is 4.83. The molecule has 1 atom stereocenters. The Balaban J connectivity index is 1.36. The van der Waals surface area contributed by atoms with Crippen LogP contribution in [0.1, 0.15) is 27.9 Å². The summed E-state index contributed by atoms with van der Waals surface area (Å²) in [5.74, 6) is -0.0237. The minimum absolute atomic E-state index is 0.0409. The number of hydrogen-bond acceptors (Lipinski definition) is 8. The van der Waals surface area contributed by atoms with Gasteiger partial charge in [-0.25, -0.2) is 19.3 Å². The van der Waals surface area contributed by atoms with Crippen molar-refractivity contribution in [1.82, 2.24) is 29.5 Å². The van der Waals surface area contributed by atoms with Crippen LogP contribution in [0.5, 0.6) is 0 Å². The molecule has 0 saturated heterocycles. The molecule has 0 bridgehead atoms. The number of imidazole rings is 1. The van der Waals surface area contributed by atoms with Crippen molar-refractivity contribution >= 4 is 29.4 Å². The van der Waals surface area contributed by atoms with Crippen molar-refractivity contribution in [2.75, 3.05) is 19.5 Å². The second-order valence-corrected chi connectivity index (χ2v) is 10.9. The third kappa shape index (κ3) is 6.82. The molecular weight excluding hydrogens is 622 g/mol. The fraction of sp³-hybridized carbons (Fsp3) is 0.118. The van der Waals surface area contributed by atoms with E-state index >= 15 is 0 Å². The second-order valence-electron chi connectivity index (χ2n) is 10.4. The van der Waals surface area contributed by atoms with Crippen LogP contribution in [0.3, 0.4) is 0 Å². The Labute approximate surface area is 273 Å². The Morgan fingerprint density at radius 3 is 2.47 bits per heavy atom. The Kier molecular flexibility index (Phi) is 8.93. The zero-order chi connectivity index (χ0) is 32.9. The number of amides is 1. The van der Waals surface area contributed by atoms with Gasteiger partial charge in [-0.3, -0.25) is 10.1 Å². The zero-order valence-electron chi connectivity index (χ0n) is 25.3. The number of nitrogens with zero attached hydrogens (tertiary/aromatic N) is 5. The van der Waals surface area contributed by atoms with E-state index < -0.39 is 18.1 Å². The number of anilines is 1. The average molecular weight is 650 g/mol. The first kappa shape index (κ1) is 31.0. The van der Waals surface area contributed by atoms with Crippen molar-refractivity contribution in [2.45, 2.75) is 12.5 Å². The van der Waals surface area contributed by atoms with Gasteiger partial charge in [0.25, 0.3) is 5.56 Å². The molecule has 0 radical (unpaired) electrons. The molecule has 47 heavy (non-hydrogen) atoms. The van der Waals surface area contributed by atoms with Crippen molar-refractivity contribution in [3.63, 3.8) is 0 Å². The van der Waals surface area contributed by atoms with E-state index in [0.717, 1.165) is 16.8 Å². The molecule has 3 aromatic heterocycles. The average Bonchev–Trinajstić information content (AvgIpc) is 3.79. The highest BCUT2D eigenvalue weighted by atomic mass is 35.5. The normalized spacial score (nSPS) is 11.6. The fourth-order valence-electron chi connectivity index (χ4n) is 5.15. The molecule has 1 amide bonds. The van der Waals surface area contributed by atoms with Crippen LogP contribution < -0.4 is 10.9 Å². The zero-order valence-corrected chi connectivity index (χ0v) is 26.0. The smallest absolute Gasteiger partial charge is 0.411 e. The largest absolute Gasteiger partial charge is 0.464 e. The van der Waals surface area contributed by atoms with Gasteiger partial charge < -0.3 is 19.0 Å². The first-order chi connectivity index (χ1) is 22.8. The highest BCUT2D eigenvalue weighted by molar-refractivity contribution is 6.31. The third-order valence-corrected chi connectivity index (χ3v) is 7.73. The molecule has 3 aromatic carbocycles. The van der Waals surface area contributed by atoms with Crippen LogP contribution in [0.2, 0.25) is 5.02 Å². The first-order valence-corrected chi connectivity index (χ1v) is 14.8. The third-order valence-electron chi connectivity index (χ3n) is 7.50. The Morgan fingerprint density at radius 1 is 0.957 bits per heavy atom. The highest BCUT2D eigenvalue weighted by Gasteiger charge is 2.21. The summed E-state index contributed by atoms with van der Waals surface area (Å²) in [6.45, 7) is 0. The van der Waals surface area contributed by atoms with Gasteiger partial charge in [-0.05, 0) is 53.1 Å². The van der Waals surface area contributed by atoms with E-state index in [1.807, 2.05) is 48.5 Å². The minimum atomic E-state index is -0.618. The molecule has 0 fully saturated rings. The van der Waals surface area contributed by atoms with Crippen LogP contribution in [0.25, 0.3) is 28.1 Å². The number of aromatic amines is 1. The number of rotatable bonds is 9. The van der Waals surface area contributed by atoms with Gasteiger partial charge in [0.05, 0.1) is 44.0 Å². The van der Waals surface area contributed by atoms with Crippen molar-refractivity contribution in [3.05, 3.63) is 136 Å². The van der Waals surface area contributed by atoms with Gasteiger partial charge >= 0.3 is 12.1 Å². The van der Waals surface area contributed by atoms with Crippen LogP contribution in [-0.4, -0.2) is 55.8 Å². The van der Waals surface area contributed by atoms with Gasteiger partial charge in [-0.15, -0.1) is 5.10 Å². The molecule has 0 aliphatic rings. The quantitative estimate of drug-likeness (QED) is 0.183. The number of aromatic nitrogens is 6. The van der Waals surface area contributed by atoms with Gasteiger partial charge in [0, 0.05) is 35.0 Å². The Hall–Kier alpha value is -6.01. The van der Waals surface area contributed by atoms with E-state index in [2.05, 4.69) is 30.3 Å². The van der Waals surface area contributed by atoms with Crippen molar-refractivity contribution in [3.8, 4) is 28.1 Å². The van der Waals surface area contributed by atoms with Gasteiger partial charge in [0.15, 0.2) is 5.69 Å². The highest BCUT2D eigenvalue weighted by Crippen LogP contribution is 2.30. The molecule has 12 nitrogen and oxygen atoms in total. The van der Waals surface area contributed by atoms with Crippen molar-refractivity contribution in [1.29, 1.82) is 0 Å². The number of carbonyl (C=O) groups is 2. The van der Waals surface area contributed by atoms with Crippen LogP contribution in [0.15, 0.2) is 108 Å². The van der Waals surface area contributed by atoms with Gasteiger partial charge in [-0.2, -0.15) is 0 Å². The first-order valence-electron chi connectivity index (χ1n) is 14.4. The lowest BCUT2D eigenvalue weighted by Gasteiger charge is -2.19. The summed E-state index contributed by atoms with van der Waals surface area (Å²) < 4.78 is 12.5. The molecule has 0 spiro atoms. The number of H-pyrrole nitrogens is 1. The van der Waals surface area contributed by atoms with E-state index in [4.69, 9.17) is 16.3 Å². The molecule has 0 aliphatic carbocycles. The van der Waals surface area contributed by atoms with Crippen LogP contribution in [-0.2, 0) is 15.9 Å². The molecule has 2 N–H and O–H groups in total. The van der Waals surface area contributed by atoms with E-state index in [1.54, 1.807) is 47.3 Å². The number of carbonyl (C=O) groups excluding carboxylic acids is 2. The molecule has 13 heteroatoms. The second kappa shape index (κ2) is 13.5. The molecule has 6 aromatic rings. The number of hydrogen-bond donors (Lipinski definition) is 2. The monoisotopic (exact) mass is 649 g/mol. The summed E-state index contributed by atoms with van der Waals surface area (Å²) >= 11 is 6.38. The van der Waals surface area contributed by atoms with Gasteiger partial charge in [0.1, 0.15) is 5.82 Å². The molecule has 0 saturated carbocycles. The van der Waals surface area contributed by atoms with E-state index in [-0.39, 0.29) is 11.3 Å². The Bertz CT molecular complexity index is 2110. The molecular formula is C34H28ClN7O5. The lowest BCUT2D eigenvalue weighted by Crippen LogP contribution is -2.27. The number of nitrogens with one attached hydrogen (secondary N) is 2. The van der Waals surface area contributed by atoms with Gasteiger partial charge in [-0.1, -0.05) is 59.3 Å². The standard InChI is InChI=1S/C34H28ClN7O5/c1-46-33(44)28-20-42(40-39-28)29-13-10-24(35)18-26(29)23-14-15-41(31(43)17-23)30(16-21-6-4-3-5-7-21)32-36-19-27(38-32)22-8-11-25(12-9-22)37-34(45)47-2/h3-15,17-20,30H,16H2,1-2H3,(H,36,38)(H,37,45). The summed E-state index contributed by atoms with van der Waals surface area (Å²) in [5.41, 5.74) is 4.76. The summed E-state index contributed by atoms with van der Waals surface area (Å²) in [6, 6.07) is 25.1. The number of benzene rings is 3. The number of halogens is 1.